The van der Waals surface area contributed by atoms with E-state index in [-0.39, 0.29) is 29.2 Å². The van der Waals surface area contributed by atoms with E-state index < -0.39 is 30.1 Å². The molecule has 1 aliphatic rings. The molecular formula is C21H21BrF4N4O2. The lowest BCUT2D eigenvalue weighted by molar-refractivity contribution is -0.137. The van der Waals surface area contributed by atoms with Gasteiger partial charge in [-0.05, 0) is 48.7 Å². The van der Waals surface area contributed by atoms with E-state index in [1.54, 1.807) is 6.07 Å². The molecular weight excluding hydrogens is 496 g/mol. The van der Waals surface area contributed by atoms with Gasteiger partial charge in [0.15, 0.2) is 0 Å². The third kappa shape index (κ3) is 6.19. The molecule has 2 aromatic carbocycles. The predicted octanol–water partition coefficient (Wildman–Crippen LogP) is 3.01. The fourth-order valence-corrected chi connectivity index (χ4v) is 4.01. The van der Waals surface area contributed by atoms with Crippen LogP contribution in [-0.2, 0) is 17.4 Å². The zero-order valence-corrected chi connectivity index (χ0v) is 18.3. The van der Waals surface area contributed by atoms with Gasteiger partial charge < -0.3 is 21.7 Å². The summed E-state index contributed by atoms with van der Waals surface area (Å²) in [6.45, 7) is 0.114. The first kappa shape index (κ1) is 24.0. The lowest BCUT2D eigenvalue weighted by Gasteiger charge is -2.14. The van der Waals surface area contributed by atoms with Gasteiger partial charge in [0.25, 0.3) is 5.91 Å². The van der Waals surface area contributed by atoms with E-state index in [1.807, 2.05) is 0 Å². The molecule has 1 saturated heterocycles. The Bertz CT molecular complexity index is 1020. The summed E-state index contributed by atoms with van der Waals surface area (Å²) in [7, 11) is 0. The van der Waals surface area contributed by atoms with Crippen molar-refractivity contribution < 1.29 is 27.2 Å². The van der Waals surface area contributed by atoms with Gasteiger partial charge in [0.1, 0.15) is 5.82 Å². The van der Waals surface area contributed by atoms with Crippen molar-refractivity contribution >= 4 is 33.4 Å². The molecule has 2 amide bonds. The second-order valence-electron chi connectivity index (χ2n) is 7.53. The van der Waals surface area contributed by atoms with Crippen LogP contribution in [0, 0.1) is 5.82 Å². The van der Waals surface area contributed by atoms with Gasteiger partial charge in [-0.2, -0.15) is 13.2 Å². The van der Waals surface area contributed by atoms with Gasteiger partial charge in [-0.15, -0.1) is 0 Å². The first-order valence-electron chi connectivity index (χ1n) is 9.74. The minimum Gasteiger partial charge on any atom is -0.398 e. The monoisotopic (exact) mass is 516 g/mol. The molecule has 0 saturated carbocycles. The Morgan fingerprint density at radius 1 is 1.19 bits per heavy atom. The second-order valence-corrected chi connectivity index (χ2v) is 8.38. The van der Waals surface area contributed by atoms with Crippen LogP contribution in [0.5, 0.6) is 0 Å². The van der Waals surface area contributed by atoms with E-state index in [2.05, 4.69) is 31.9 Å². The van der Waals surface area contributed by atoms with E-state index in [0.717, 1.165) is 17.7 Å². The summed E-state index contributed by atoms with van der Waals surface area (Å²) in [5.74, 6) is -1.68. The molecule has 0 radical (unpaired) electrons. The van der Waals surface area contributed by atoms with Gasteiger partial charge in [-0.1, -0.05) is 22.0 Å². The van der Waals surface area contributed by atoms with Crippen molar-refractivity contribution in [2.75, 3.05) is 18.8 Å². The minimum absolute atomic E-state index is 0.0709. The molecule has 0 aliphatic carbocycles. The highest BCUT2D eigenvalue weighted by Gasteiger charge is 2.32. The van der Waals surface area contributed by atoms with Gasteiger partial charge in [0.05, 0.1) is 17.7 Å². The molecule has 6 nitrogen and oxygen atoms in total. The van der Waals surface area contributed by atoms with Gasteiger partial charge in [-0.25, -0.2) is 4.39 Å². The Balaban J connectivity index is 1.49. The molecule has 0 bridgehead atoms. The maximum Gasteiger partial charge on any atom is 0.416 e. The molecule has 11 heteroatoms. The Morgan fingerprint density at radius 2 is 1.94 bits per heavy atom. The summed E-state index contributed by atoms with van der Waals surface area (Å²) in [5, 5.41) is 8.35. The van der Waals surface area contributed by atoms with Crippen molar-refractivity contribution in [2.24, 2.45) is 0 Å². The number of amides is 2. The number of nitrogen functional groups attached to an aromatic ring is 1. The highest BCUT2D eigenvalue weighted by molar-refractivity contribution is 9.10. The Labute approximate surface area is 190 Å². The van der Waals surface area contributed by atoms with Crippen LogP contribution >= 0.6 is 15.9 Å². The minimum atomic E-state index is -4.62. The van der Waals surface area contributed by atoms with Gasteiger partial charge in [0, 0.05) is 28.8 Å². The summed E-state index contributed by atoms with van der Waals surface area (Å²) in [6.07, 6.45) is -3.35. The molecule has 1 aliphatic heterocycles. The molecule has 5 N–H and O–H groups in total. The van der Waals surface area contributed by atoms with E-state index in [4.69, 9.17) is 5.73 Å². The van der Waals surface area contributed by atoms with Crippen LogP contribution < -0.4 is 21.7 Å². The lowest BCUT2D eigenvalue weighted by atomic mass is 10.0. The molecule has 3 rings (SSSR count). The normalized spacial score (nSPS) is 18.4. The highest BCUT2D eigenvalue weighted by Crippen LogP contribution is 2.31. The molecule has 1 fully saturated rings. The SMILES string of the molecule is Nc1ccc(C(F)(F)F)cc1C(=O)NCC(=O)NC1CNC(Cc2ccc(F)cc2Br)C1. The standard InChI is InChI=1S/C21H21BrF4N4O2/c22-17-7-13(23)3-1-11(17)5-14-8-15(9-28-14)30-19(31)10-29-20(32)16-6-12(21(24,25)26)2-4-18(16)27/h1-4,6-7,14-15,28H,5,8-10,27H2,(H,29,32)(H,30,31). The second kappa shape index (κ2) is 9.86. The number of benzene rings is 2. The average Bonchev–Trinajstić information content (AvgIpc) is 3.14. The average molecular weight is 517 g/mol. The van der Waals surface area contributed by atoms with Crippen LogP contribution in [-0.4, -0.2) is 37.0 Å². The van der Waals surface area contributed by atoms with E-state index in [0.29, 0.717) is 29.9 Å². The number of nitrogens with two attached hydrogens (primary N) is 1. The predicted molar refractivity (Wildman–Crippen MR) is 114 cm³/mol. The van der Waals surface area contributed by atoms with Crippen LogP contribution in [0.1, 0.15) is 27.9 Å². The summed E-state index contributed by atoms with van der Waals surface area (Å²) >= 11 is 3.33. The smallest absolute Gasteiger partial charge is 0.398 e. The van der Waals surface area contributed by atoms with Crippen LogP contribution in [0.4, 0.5) is 23.2 Å². The number of carbonyl (C=O) groups excluding carboxylic acids is 2. The van der Waals surface area contributed by atoms with E-state index in [1.165, 1.54) is 12.1 Å². The zero-order chi connectivity index (χ0) is 23.5. The molecule has 2 atom stereocenters. The maximum absolute atomic E-state index is 13.2. The third-order valence-corrected chi connectivity index (χ3v) is 5.84. The largest absolute Gasteiger partial charge is 0.416 e. The number of hydrogen-bond acceptors (Lipinski definition) is 4. The maximum atomic E-state index is 13.2. The van der Waals surface area contributed by atoms with Gasteiger partial charge in [-0.3, -0.25) is 9.59 Å². The van der Waals surface area contributed by atoms with Crippen LogP contribution in [0.2, 0.25) is 0 Å². The summed E-state index contributed by atoms with van der Waals surface area (Å²) in [5.41, 5.74) is 5.07. The highest BCUT2D eigenvalue weighted by atomic mass is 79.9. The number of anilines is 1. The molecule has 2 aromatic rings. The third-order valence-electron chi connectivity index (χ3n) is 5.10. The van der Waals surface area contributed by atoms with Gasteiger partial charge >= 0.3 is 6.18 Å². The number of halogens is 5. The molecule has 32 heavy (non-hydrogen) atoms. The summed E-state index contributed by atoms with van der Waals surface area (Å²) in [4.78, 5) is 24.4. The number of alkyl halides is 3. The first-order chi connectivity index (χ1) is 15.0. The number of nitrogens with one attached hydrogen (secondary N) is 3. The molecule has 0 spiro atoms. The number of hydrogen-bond donors (Lipinski definition) is 4. The van der Waals surface area contributed by atoms with Crippen molar-refractivity contribution in [1.82, 2.24) is 16.0 Å². The van der Waals surface area contributed by atoms with Crippen molar-refractivity contribution in [3.63, 3.8) is 0 Å². The van der Waals surface area contributed by atoms with Gasteiger partial charge in [0.2, 0.25) is 5.91 Å². The summed E-state index contributed by atoms with van der Waals surface area (Å²) < 4.78 is 52.4. The lowest BCUT2D eigenvalue weighted by Crippen LogP contribution is -2.42. The Morgan fingerprint density at radius 3 is 2.62 bits per heavy atom. The van der Waals surface area contributed by atoms with Crippen LogP contribution in [0.3, 0.4) is 0 Å². The first-order valence-corrected chi connectivity index (χ1v) is 10.5. The molecule has 1 heterocycles. The van der Waals surface area contributed by atoms with Crippen molar-refractivity contribution in [3.8, 4) is 0 Å². The quantitative estimate of drug-likeness (QED) is 0.350. The molecule has 172 valence electrons. The van der Waals surface area contributed by atoms with Crippen LogP contribution in [0.25, 0.3) is 0 Å². The van der Waals surface area contributed by atoms with E-state index in [9.17, 15) is 27.2 Å². The van der Waals surface area contributed by atoms with Crippen molar-refractivity contribution in [3.05, 3.63) is 63.4 Å². The van der Waals surface area contributed by atoms with E-state index >= 15 is 0 Å². The number of rotatable bonds is 6. The Kier molecular flexibility index (Phi) is 7.40. The summed E-state index contributed by atoms with van der Waals surface area (Å²) in [6, 6.07) is 6.80. The number of carbonyl (C=O) groups is 2. The molecule has 2 unspecified atom stereocenters. The van der Waals surface area contributed by atoms with Crippen molar-refractivity contribution in [2.45, 2.75) is 31.1 Å². The van der Waals surface area contributed by atoms with Crippen LogP contribution in [0.15, 0.2) is 40.9 Å². The fourth-order valence-electron chi connectivity index (χ4n) is 3.50. The molecule has 0 aromatic heterocycles. The topological polar surface area (TPSA) is 96.2 Å². The zero-order valence-electron chi connectivity index (χ0n) is 16.7. The van der Waals surface area contributed by atoms with Crippen molar-refractivity contribution in [1.29, 1.82) is 0 Å². The Hall–Kier alpha value is -2.66. The fraction of sp³-hybridized carbons (Fsp3) is 0.333.